The summed E-state index contributed by atoms with van der Waals surface area (Å²) in [5.41, 5.74) is 0.00562. The molecule has 1 aliphatic carbocycles. The third-order valence-corrected chi connectivity index (χ3v) is 3.59. The van der Waals surface area contributed by atoms with E-state index in [1.54, 1.807) is 0 Å². The smallest absolute Gasteiger partial charge is 0.288 e. The van der Waals surface area contributed by atoms with Gasteiger partial charge in [0.05, 0.1) is 9.40 Å². The fourth-order valence-electron chi connectivity index (χ4n) is 2.07. The molecule has 0 saturated heterocycles. The Morgan fingerprint density at radius 2 is 2.12 bits per heavy atom. The lowest BCUT2D eigenvalue weighted by Gasteiger charge is -2.23. The van der Waals surface area contributed by atoms with E-state index in [2.05, 4.69) is 26.2 Å². The topological polar surface area (TPSA) is 68.1 Å². The number of halogens is 1. The Morgan fingerprint density at radius 3 is 2.71 bits per heavy atom. The number of nitro groups is 1. The molecular formula is C11H14BrN3O2. The molecule has 0 aliphatic heterocycles. The molecule has 5 nitrogen and oxygen atoms in total. The first-order valence-electron chi connectivity index (χ1n) is 5.73. The second-order valence-electron chi connectivity index (χ2n) is 4.26. The molecule has 0 radical (unpaired) electrons. The van der Waals surface area contributed by atoms with Crippen LogP contribution < -0.4 is 5.32 Å². The molecule has 0 amide bonds. The van der Waals surface area contributed by atoms with Gasteiger partial charge in [-0.25, -0.2) is 4.98 Å². The Hall–Kier alpha value is -1.17. The van der Waals surface area contributed by atoms with E-state index in [1.807, 2.05) is 0 Å². The van der Waals surface area contributed by atoms with Crippen LogP contribution in [0.5, 0.6) is 0 Å². The predicted octanol–water partition coefficient (Wildman–Crippen LogP) is 3.50. The van der Waals surface area contributed by atoms with E-state index >= 15 is 0 Å². The molecule has 0 aromatic carbocycles. The second kappa shape index (κ2) is 5.44. The van der Waals surface area contributed by atoms with E-state index in [0.717, 1.165) is 12.8 Å². The fraction of sp³-hybridized carbons (Fsp3) is 0.545. The highest BCUT2D eigenvalue weighted by molar-refractivity contribution is 9.10. The molecule has 17 heavy (non-hydrogen) atoms. The van der Waals surface area contributed by atoms with Crippen LogP contribution in [0.15, 0.2) is 16.7 Å². The van der Waals surface area contributed by atoms with Gasteiger partial charge in [-0.05, 0) is 28.8 Å². The quantitative estimate of drug-likeness (QED) is 0.685. The monoisotopic (exact) mass is 299 g/mol. The molecule has 0 bridgehead atoms. The summed E-state index contributed by atoms with van der Waals surface area (Å²) in [5.74, 6) is 0.697. The highest BCUT2D eigenvalue weighted by Crippen LogP contribution is 2.27. The molecule has 6 heteroatoms. The maximum Gasteiger partial charge on any atom is 0.288 e. The Kier molecular flexibility index (Phi) is 3.93. The van der Waals surface area contributed by atoms with Crippen LogP contribution in [-0.4, -0.2) is 15.9 Å². The van der Waals surface area contributed by atoms with Crippen LogP contribution in [0.1, 0.15) is 32.1 Å². The van der Waals surface area contributed by atoms with Crippen molar-refractivity contribution in [1.29, 1.82) is 0 Å². The Balaban J connectivity index is 2.08. The molecule has 1 heterocycles. The van der Waals surface area contributed by atoms with Crippen molar-refractivity contribution in [3.8, 4) is 0 Å². The first kappa shape index (κ1) is 12.3. The third kappa shape index (κ3) is 3.15. The van der Waals surface area contributed by atoms with Crippen molar-refractivity contribution >= 4 is 27.4 Å². The van der Waals surface area contributed by atoms with Gasteiger partial charge in [0.15, 0.2) is 0 Å². The van der Waals surface area contributed by atoms with E-state index in [9.17, 15) is 10.1 Å². The van der Waals surface area contributed by atoms with Crippen molar-refractivity contribution in [2.45, 2.75) is 38.1 Å². The Labute approximate surface area is 108 Å². The minimum atomic E-state index is -0.442. The first-order valence-corrected chi connectivity index (χ1v) is 6.52. The maximum atomic E-state index is 10.6. The van der Waals surface area contributed by atoms with Gasteiger partial charge in [-0.1, -0.05) is 19.3 Å². The summed E-state index contributed by atoms with van der Waals surface area (Å²) in [6.45, 7) is 0. The van der Waals surface area contributed by atoms with Gasteiger partial charge in [0.25, 0.3) is 5.69 Å². The van der Waals surface area contributed by atoms with Crippen LogP contribution >= 0.6 is 15.9 Å². The van der Waals surface area contributed by atoms with Crippen molar-refractivity contribution in [2.75, 3.05) is 5.32 Å². The lowest BCUT2D eigenvalue weighted by Crippen LogP contribution is -2.23. The molecule has 0 atom stereocenters. The van der Waals surface area contributed by atoms with Crippen LogP contribution in [-0.2, 0) is 0 Å². The molecule has 1 aliphatic rings. The molecular weight excluding hydrogens is 286 g/mol. The number of nitrogens with one attached hydrogen (secondary N) is 1. The van der Waals surface area contributed by atoms with Gasteiger partial charge >= 0.3 is 0 Å². The maximum absolute atomic E-state index is 10.6. The lowest BCUT2D eigenvalue weighted by molar-refractivity contribution is -0.385. The fourth-order valence-corrected chi connectivity index (χ4v) is 2.53. The largest absolute Gasteiger partial charge is 0.366 e. The minimum absolute atomic E-state index is 0.00562. The van der Waals surface area contributed by atoms with Gasteiger partial charge in [-0.3, -0.25) is 10.1 Å². The zero-order valence-corrected chi connectivity index (χ0v) is 10.9. The summed E-state index contributed by atoms with van der Waals surface area (Å²) in [4.78, 5) is 14.2. The Morgan fingerprint density at radius 1 is 1.41 bits per heavy atom. The van der Waals surface area contributed by atoms with Gasteiger partial charge in [0.2, 0.25) is 0 Å². The number of aromatic nitrogens is 1. The van der Waals surface area contributed by atoms with Gasteiger partial charge in [-0.2, -0.15) is 0 Å². The number of rotatable bonds is 3. The normalized spacial score (nSPS) is 16.8. The van der Waals surface area contributed by atoms with E-state index in [1.165, 1.54) is 31.5 Å². The van der Waals surface area contributed by atoms with Crippen molar-refractivity contribution in [3.05, 3.63) is 26.9 Å². The van der Waals surface area contributed by atoms with E-state index in [-0.39, 0.29) is 5.69 Å². The molecule has 1 aromatic rings. The second-order valence-corrected chi connectivity index (χ2v) is 5.11. The zero-order valence-electron chi connectivity index (χ0n) is 9.36. The van der Waals surface area contributed by atoms with Gasteiger partial charge in [-0.15, -0.1) is 0 Å². The zero-order chi connectivity index (χ0) is 12.3. The molecule has 0 spiro atoms. The van der Waals surface area contributed by atoms with Gasteiger partial charge in [0, 0.05) is 12.1 Å². The molecule has 1 fully saturated rings. The summed E-state index contributed by atoms with van der Waals surface area (Å²) in [6, 6.07) is 1.92. The average molecular weight is 300 g/mol. The summed E-state index contributed by atoms with van der Waals surface area (Å²) < 4.78 is 0.650. The number of pyridine rings is 1. The molecule has 1 aromatic heterocycles. The van der Waals surface area contributed by atoms with Gasteiger partial charge < -0.3 is 5.32 Å². The minimum Gasteiger partial charge on any atom is -0.366 e. The van der Waals surface area contributed by atoms with E-state index in [4.69, 9.17) is 0 Å². The van der Waals surface area contributed by atoms with E-state index in [0.29, 0.717) is 16.3 Å². The summed E-state index contributed by atoms with van der Waals surface area (Å²) >= 11 is 3.31. The average Bonchev–Trinajstić information content (AvgIpc) is 2.33. The van der Waals surface area contributed by atoms with Crippen LogP contribution in [0.4, 0.5) is 11.5 Å². The summed E-state index contributed by atoms with van der Waals surface area (Å²) in [6.07, 6.45) is 7.35. The molecule has 92 valence electrons. The standard InChI is InChI=1S/C11H14BrN3O2/c12-10-6-9(15(16)17)7-13-11(10)14-8-4-2-1-3-5-8/h6-8H,1-5H2,(H,13,14). The van der Waals surface area contributed by atoms with Crippen LogP contribution in [0.2, 0.25) is 0 Å². The van der Waals surface area contributed by atoms with Crippen molar-refractivity contribution in [2.24, 2.45) is 0 Å². The molecule has 1 saturated carbocycles. The lowest BCUT2D eigenvalue weighted by atomic mass is 9.95. The van der Waals surface area contributed by atoms with Crippen molar-refractivity contribution in [1.82, 2.24) is 4.98 Å². The molecule has 0 unspecified atom stereocenters. The number of hydrogen-bond acceptors (Lipinski definition) is 4. The van der Waals surface area contributed by atoms with Crippen molar-refractivity contribution in [3.63, 3.8) is 0 Å². The SMILES string of the molecule is O=[N+]([O-])c1cnc(NC2CCCCC2)c(Br)c1. The van der Waals surface area contributed by atoms with Gasteiger partial charge in [0.1, 0.15) is 12.0 Å². The molecule has 1 N–H and O–H groups in total. The summed E-state index contributed by atoms with van der Waals surface area (Å²) in [7, 11) is 0. The predicted molar refractivity (Wildman–Crippen MR) is 69.1 cm³/mol. The van der Waals surface area contributed by atoms with Crippen LogP contribution in [0.3, 0.4) is 0 Å². The first-order chi connectivity index (χ1) is 8.16. The Bertz CT molecular complexity index is 419. The number of hydrogen-bond donors (Lipinski definition) is 1. The van der Waals surface area contributed by atoms with E-state index < -0.39 is 4.92 Å². The number of anilines is 1. The third-order valence-electron chi connectivity index (χ3n) is 2.98. The molecule has 2 rings (SSSR count). The summed E-state index contributed by atoms with van der Waals surface area (Å²) in [5, 5.41) is 13.9. The van der Waals surface area contributed by atoms with Crippen molar-refractivity contribution < 1.29 is 4.92 Å². The highest BCUT2D eigenvalue weighted by atomic mass is 79.9. The van der Waals surface area contributed by atoms with Crippen LogP contribution in [0, 0.1) is 10.1 Å². The number of nitrogens with zero attached hydrogens (tertiary/aromatic N) is 2. The highest BCUT2D eigenvalue weighted by Gasteiger charge is 2.16. The van der Waals surface area contributed by atoms with Crippen LogP contribution in [0.25, 0.3) is 0 Å².